The lowest BCUT2D eigenvalue weighted by atomic mass is 10.1. The van der Waals surface area contributed by atoms with E-state index in [0.29, 0.717) is 26.1 Å². The summed E-state index contributed by atoms with van der Waals surface area (Å²) in [5.74, 6) is -0.811. The monoisotopic (exact) mass is 339 g/mol. The molecule has 23 heavy (non-hydrogen) atoms. The fourth-order valence-electron chi connectivity index (χ4n) is 2.89. The number of amides is 2. The molecule has 2 rings (SSSR count). The molecular weight excluding hydrogens is 314 g/mol. The van der Waals surface area contributed by atoms with Crippen molar-refractivity contribution in [1.29, 1.82) is 0 Å². The van der Waals surface area contributed by atoms with E-state index in [1.807, 2.05) is 26.0 Å². The van der Waals surface area contributed by atoms with Crippen molar-refractivity contribution in [3.63, 3.8) is 0 Å². The van der Waals surface area contributed by atoms with E-state index in [1.165, 1.54) is 0 Å². The fraction of sp³-hybridized carbons (Fsp3) is 0.529. The molecule has 5 nitrogen and oxygen atoms in total. The number of aryl methyl sites for hydroxylation is 2. The van der Waals surface area contributed by atoms with E-state index >= 15 is 0 Å². The summed E-state index contributed by atoms with van der Waals surface area (Å²) < 4.78 is 0. The first kappa shape index (κ1) is 19.5. The summed E-state index contributed by atoms with van der Waals surface area (Å²) in [6.07, 6.45) is 2.31. The topological polar surface area (TPSA) is 75.4 Å². The molecule has 1 saturated heterocycles. The third-order valence-electron chi connectivity index (χ3n) is 3.97. The number of nitrogens with zero attached hydrogens (tertiary/aromatic N) is 1. The molecule has 1 aliphatic heterocycles. The molecule has 0 spiro atoms. The Morgan fingerprint density at radius 3 is 2.52 bits per heavy atom. The van der Waals surface area contributed by atoms with Crippen molar-refractivity contribution in [2.45, 2.75) is 33.1 Å². The number of halogens is 1. The van der Waals surface area contributed by atoms with E-state index in [4.69, 9.17) is 5.73 Å². The van der Waals surface area contributed by atoms with Crippen molar-refractivity contribution in [2.24, 2.45) is 11.7 Å². The first-order chi connectivity index (χ1) is 10.5. The van der Waals surface area contributed by atoms with Crippen molar-refractivity contribution < 1.29 is 9.59 Å². The first-order valence-electron chi connectivity index (χ1n) is 7.90. The van der Waals surface area contributed by atoms with Gasteiger partial charge in [0.15, 0.2) is 0 Å². The summed E-state index contributed by atoms with van der Waals surface area (Å²) in [4.78, 5) is 26.4. The Morgan fingerprint density at radius 2 is 1.91 bits per heavy atom. The number of carbonyl (C=O) groups excluding carboxylic acids is 2. The molecule has 1 fully saturated rings. The summed E-state index contributed by atoms with van der Waals surface area (Å²) in [5.41, 5.74) is 8.56. The normalized spacial score (nSPS) is 17.1. The second-order valence-electron chi connectivity index (χ2n) is 5.96. The summed E-state index contributed by atoms with van der Waals surface area (Å²) in [7, 11) is 0. The quantitative estimate of drug-likeness (QED) is 0.614. The van der Waals surface area contributed by atoms with Crippen LogP contribution in [0, 0.1) is 19.8 Å². The molecule has 2 amide bonds. The largest absolute Gasteiger partial charge is 0.355 e. The third-order valence-corrected chi connectivity index (χ3v) is 3.97. The molecule has 128 valence electrons. The van der Waals surface area contributed by atoms with Crippen LogP contribution < -0.4 is 16.0 Å². The summed E-state index contributed by atoms with van der Waals surface area (Å²) in [6.45, 7) is 5.84. The number of hydrogen-bond donors (Lipinski definition) is 2. The number of nitrogens with one attached hydrogen (secondary N) is 1. The van der Waals surface area contributed by atoms with E-state index in [9.17, 15) is 9.59 Å². The number of carbonyl (C=O) groups is 2. The highest BCUT2D eigenvalue weighted by molar-refractivity contribution is 6.09. The molecule has 1 aromatic rings. The molecular formula is C17H26ClN3O2. The van der Waals surface area contributed by atoms with Crippen LogP contribution in [-0.4, -0.2) is 31.4 Å². The van der Waals surface area contributed by atoms with Crippen molar-refractivity contribution in [2.75, 3.05) is 24.5 Å². The van der Waals surface area contributed by atoms with Crippen LogP contribution in [0.2, 0.25) is 0 Å². The van der Waals surface area contributed by atoms with Gasteiger partial charge in [-0.15, -0.1) is 12.4 Å². The van der Waals surface area contributed by atoms with Crippen LogP contribution in [0.1, 0.15) is 30.4 Å². The molecule has 0 radical (unpaired) electrons. The highest BCUT2D eigenvalue weighted by Gasteiger charge is 2.37. The molecule has 1 aromatic carbocycles. The second kappa shape index (κ2) is 8.89. The van der Waals surface area contributed by atoms with Gasteiger partial charge in [0.05, 0.1) is 0 Å². The maximum Gasteiger partial charge on any atom is 0.239 e. The van der Waals surface area contributed by atoms with Crippen LogP contribution in [0.4, 0.5) is 5.69 Å². The SMILES string of the molecule is Cc1cc(C)cc(N2CCC(C(=O)NCCCCN)C2=O)c1.Cl. The Labute approximate surface area is 144 Å². The van der Waals surface area contributed by atoms with Crippen LogP contribution >= 0.6 is 12.4 Å². The summed E-state index contributed by atoms with van der Waals surface area (Å²) in [6, 6.07) is 6.06. The van der Waals surface area contributed by atoms with Crippen molar-refractivity contribution in [3.05, 3.63) is 29.3 Å². The zero-order valence-corrected chi connectivity index (χ0v) is 14.6. The van der Waals surface area contributed by atoms with Crippen LogP contribution in [0.25, 0.3) is 0 Å². The minimum atomic E-state index is -0.557. The van der Waals surface area contributed by atoms with Gasteiger partial charge >= 0.3 is 0 Å². The molecule has 1 atom stereocenters. The van der Waals surface area contributed by atoms with Crippen molar-refractivity contribution in [3.8, 4) is 0 Å². The maximum atomic E-state index is 12.5. The Morgan fingerprint density at radius 1 is 1.26 bits per heavy atom. The number of hydrogen-bond acceptors (Lipinski definition) is 3. The lowest BCUT2D eigenvalue weighted by molar-refractivity contribution is -0.132. The van der Waals surface area contributed by atoms with Gasteiger partial charge in [0, 0.05) is 18.8 Å². The van der Waals surface area contributed by atoms with Crippen LogP contribution in [-0.2, 0) is 9.59 Å². The first-order valence-corrected chi connectivity index (χ1v) is 7.90. The molecule has 0 aliphatic carbocycles. The van der Waals surface area contributed by atoms with Crippen molar-refractivity contribution in [1.82, 2.24) is 5.32 Å². The minimum Gasteiger partial charge on any atom is -0.355 e. The van der Waals surface area contributed by atoms with Crippen LogP contribution in [0.15, 0.2) is 18.2 Å². The van der Waals surface area contributed by atoms with Gasteiger partial charge < -0.3 is 16.0 Å². The Balaban J connectivity index is 0.00000264. The van der Waals surface area contributed by atoms with Gasteiger partial charge in [0.2, 0.25) is 11.8 Å². The number of nitrogens with two attached hydrogens (primary N) is 1. The Kier molecular flexibility index (Phi) is 7.52. The number of benzene rings is 1. The smallest absolute Gasteiger partial charge is 0.239 e. The van der Waals surface area contributed by atoms with E-state index < -0.39 is 5.92 Å². The van der Waals surface area contributed by atoms with Gasteiger partial charge in [-0.3, -0.25) is 9.59 Å². The molecule has 0 aromatic heterocycles. The highest BCUT2D eigenvalue weighted by Crippen LogP contribution is 2.27. The zero-order chi connectivity index (χ0) is 16.1. The second-order valence-corrected chi connectivity index (χ2v) is 5.96. The third kappa shape index (κ3) is 4.94. The van der Waals surface area contributed by atoms with E-state index in [1.54, 1.807) is 4.90 Å². The summed E-state index contributed by atoms with van der Waals surface area (Å²) >= 11 is 0. The average Bonchev–Trinajstić information content (AvgIpc) is 2.84. The lowest BCUT2D eigenvalue weighted by Gasteiger charge is -2.18. The van der Waals surface area contributed by atoms with Crippen LogP contribution in [0.3, 0.4) is 0 Å². The molecule has 6 heteroatoms. The predicted octanol–water partition coefficient (Wildman–Crippen LogP) is 1.93. The fourth-order valence-corrected chi connectivity index (χ4v) is 2.89. The molecule has 1 heterocycles. The maximum absolute atomic E-state index is 12.5. The number of rotatable bonds is 6. The summed E-state index contributed by atoms with van der Waals surface area (Å²) in [5, 5.41) is 2.84. The molecule has 1 aliphatic rings. The van der Waals surface area contributed by atoms with Crippen LogP contribution in [0.5, 0.6) is 0 Å². The highest BCUT2D eigenvalue weighted by atomic mass is 35.5. The van der Waals surface area contributed by atoms with Gasteiger partial charge in [-0.1, -0.05) is 6.07 Å². The van der Waals surface area contributed by atoms with Crippen molar-refractivity contribution >= 4 is 29.9 Å². The zero-order valence-electron chi connectivity index (χ0n) is 13.8. The molecule has 0 saturated carbocycles. The van der Waals surface area contributed by atoms with Gasteiger partial charge in [-0.2, -0.15) is 0 Å². The average molecular weight is 340 g/mol. The Hall–Kier alpha value is -1.59. The van der Waals surface area contributed by atoms with E-state index in [0.717, 1.165) is 29.7 Å². The van der Waals surface area contributed by atoms with Gasteiger partial charge in [-0.25, -0.2) is 0 Å². The molecule has 0 bridgehead atoms. The van der Waals surface area contributed by atoms with Gasteiger partial charge in [0.1, 0.15) is 5.92 Å². The van der Waals surface area contributed by atoms with Gasteiger partial charge in [0.25, 0.3) is 0 Å². The number of anilines is 1. The Bertz CT molecular complexity index is 543. The predicted molar refractivity (Wildman–Crippen MR) is 94.9 cm³/mol. The van der Waals surface area contributed by atoms with E-state index in [-0.39, 0.29) is 24.2 Å². The minimum absolute atomic E-state index is 0. The molecule has 3 N–H and O–H groups in total. The standard InChI is InChI=1S/C17H25N3O2.ClH/c1-12-9-13(2)11-14(10-12)20-8-5-15(17(20)22)16(21)19-7-4-3-6-18;/h9-11,15H,3-8,18H2,1-2H3,(H,19,21);1H. The molecule has 1 unspecified atom stereocenters. The van der Waals surface area contributed by atoms with E-state index in [2.05, 4.69) is 11.4 Å². The van der Waals surface area contributed by atoms with Gasteiger partial charge in [-0.05, 0) is 62.9 Å². The lowest BCUT2D eigenvalue weighted by Crippen LogP contribution is -2.37. The number of unbranched alkanes of at least 4 members (excludes halogenated alkanes) is 1.